The van der Waals surface area contributed by atoms with Crippen LogP contribution in [0.15, 0.2) is 12.2 Å². The Labute approximate surface area is 155 Å². The fraction of sp³-hybridized carbons (Fsp3) is 0.900. The summed E-state index contributed by atoms with van der Waals surface area (Å²) in [4.78, 5) is 17.1. The maximum absolute atomic E-state index is 10.5. The molecule has 0 radical (unpaired) electrons. The SMILES string of the molecule is CC=CCCCCCCCCCCCCCCCCCOP(=O)(O)O. The molecule has 150 valence electrons. The standard InChI is InChI=1S/C20H41O4P/c1-2-3-4-5-6-7-8-9-10-11-12-13-14-15-16-17-18-19-20-24-25(21,22)23/h2-3H,4-20H2,1H3,(H2,21,22,23). The van der Waals surface area contributed by atoms with Gasteiger partial charge in [-0.05, 0) is 26.2 Å². The Balaban J connectivity index is 3.04. The minimum Gasteiger partial charge on any atom is -0.303 e. The van der Waals surface area contributed by atoms with Gasteiger partial charge in [0.2, 0.25) is 0 Å². The van der Waals surface area contributed by atoms with E-state index in [0.717, 1.165) is 19.3 Å². The lowest BCUT2D eigenvalue weighted by atomic mass is 10.0. The molecule has 0 aromatic carbocycles. The number of hydrogen-bond donors (Lipinski definition) is 2. The molecule has 4 nitrogen and oxygen atoms in total. The van der Waals surface area contributed by atoms with Gasteiger partial charge in [-0.3, -0.25) is 4.52 Å². The van der Waals surface area contributed by atoms with E-state index < -0.39 is 7.82 Å². The van der Waals surface area contributed by atoms with Crippen molar-refractivity contribution in [3.8, 4) is 0 Å². The fourth-order valence-corrected chi connectivity index (χ4v) is 3.38. The van der Waals surface area contributed by atoms with E-state index in [1.165, 1.54) is 83.5 Å². The summed E-state index contributed by atoms with van der Waals surface area (Å²) in [6, 6.07) is 0. The molecule has 0 heterocycles. The average Bonchev–Trinajstić information content (AvgIpc) is 2.56. The number of rotatable bonds is 19. The quantitative estimate of drug-likeness (QED) is 0.146. The second-order valence-corrected chi connectivity index (χ2v) is 8.22. The first kappa shape index (κ1) is 24.8. The van der Waals surface area contributed by atoms with Crippen LogP contribution in [-0.2, 0) is 9.09 Å². The number of phosphoric ester groups is 1. The predicted octanol–water partition coefficient (Wildman–Crippen LogP) is 6.91. The van der Waals surface area contributed by atoms with Crippen LogP contribution in [0.25, 0.3) is 0 Å². The van der Waals surface area contributed by atoms with Crippen molar-refractivity contribution in [1.82, 2.24) is 0 Å². The van der Waals surface area contributed by atoms with Crippen LogP contribution in [0, 0.1) is 0 Å². The summed E-state index contributed by atoms with van der Waals surface area (Å²) < 4.78 is 14.9. The summed E-state index contributed by atoms with van der Waals surface area (Å²) >= 11 is 0. The lowest BCUT2D eigenvalue weighted by Crippen LogP contribution is -1.92. The first-order chi connectivity index (χ1) is 12.1. The number of phosphoric acid groups is 1. The smallest absolute Gasteiger partial charge is 0.303 e. The fourth-order valence-electron chi connectivity index (χ4n) is 3.01. The van der Waals surface area contributed by atoms with Crippen LogP contribution in [0.4, 0.5) is 0 Å². The van der Waals surface area contributed by atoms with Crippen molar-refractivity contribution >= 4 is 7.82 Å². The van der Waals surface area contributed by atoms with Crippen molar-refractivity contribution in [2.45, 2.75) is 110 Å². The van der Waals surface area contributed by atoms with Crippen LogP contribution < -0.4 is 0 Å². The topological polar surface area (TPSA) is 66.8 Å². The third kappa shape index (κ3) is 23.9. The Kier molecular flexibility index (Phi) is 18.5. The summed E-state index contributed by atoms with van der Waals surface area (Å²) in [6.07, 6.45) is 24.8. The Bertz CT molecular complexity index is 339. The minimum atomic E-state index is -4.26. The molecule has 0 aliphatic rings. The van der Waals surface area contributed by atoms with Crippen LogP contribution in [0.3, 0.4) is 0 Å². The highest BCUT2D eigenvalue weighted by molar-refractivity contribution is 7.46. The highest BCUT2D eigenvalue weighted by atomic mass is 31.2. The van der Waals surface area contributed by atoms with Gasteiger partial charge in [-0.25, -0.2) is 4.57 Å². The summed E-state index contributed by atoms with van der Waals surface area (Å²) in [5, 5.41) is 0. The lowest BCUT2D eigenvalue weighted by molar-refractivity contribution is 0.193. The molecule has 0 aliphatic carbocycles. The van der Waals surface area contributed by atoms with Gasteiger partial charge in [-0.2, -0.15) is 0 Å². The van der Waals surface area contributed by atoms with E-state index in [1.54, 1.807) is 0 Å². The largest absolute Gasteiger partial charge is 0.469 e. The Hall–Kier alpha value is -0.150. The van der Waals surface area contributed by atoms with E-state index >= 15 is 0 Å². The normalized spacial score (nSPS) is 12.3. The molecule has 2 N–H and O–H groups in total. The summed E-state index contributed by atoms with van der Waals surface area (Å²) in [5.74, 6) is 0. The van der Waals surface area contributed by atoms with Gasteiger partial charge in [-0.1, -0.05) is 95.6 Å². The zero-order valence-corrected chi connectivity index (χ0v) is 17.2. The maximum Gasteiger partial charge on any atom is 0.469 e. The van der Waals surface area contributed by atoms with Gasteiger partial charge in [0.05, 0.1) is 6.61 Å². The number of unbranched alkanes of at least 4 members (excludes halogenated alkanes) is 15. The highest BCUT2D eigenvalue weighted by Crippen LogP contribution is 2.35. The van der Waals surface area contributed by atoms with Gasteiger partial charge in [-0.15, -0.1) is 0 Å². The number of hydrogen-bond acceptors (Lipinski definition) is 2. The van der Waals surface area contributed by atoms with Crippen molar-refractivity contribution < 1.29 is 18.9 Å². The summed E-state index contributed by atoms with van der Waals surface area (Å²) in [6.45, 7) is 2.26. The highest BCUT2D eigenvalue weighted by Gasteiger charge is 2.12. The minimum absolute atomic E-state index is 0.167. The van der Waals surface area contributed by atoms with E-state index in [1.807, 2.05) is 0 Å². The van der Waals surface area contributed by atoms with Crippen LogP contribution in [0.5, 0.6) is 0 Å². The Morgan fingerprint density at radius 3 is 1.40 bits per heavy atom. The molecule has 0 saturated carbocycles. The first-order valence-corrected chi connectivity index (χ1v) is 11.9. The van der Waals surface area contributed by atoms with E-state index in [-0.39, 0.29) is 6.61 Å². The van der Waals surface area contributed by atoms with Gasteiger partial charge in [0.15, 0.2) is 0 Å². The molecule has 0 spiro atoms. The van der Waals surface area contributed by atoms with E-state index in [9.17, 15) is 4.57 Å². The van der Waals surface area contributed by atoms with E-state index in [2.05, 4.69) is 23.6 Å². The van der Waals surface area contributed by atoms with Crippen LogP contribution in [0.2, 0.25) is 0 Å². The third-order valence-electron chi connectivity index (χ3n) is 4.51. The second kappa shape index (κ2) is 18.6. The Morgan fingerprint density at radius 2 is 1.04 bits per heavy atom. The lowest BCUT2D eigenvalue weighted by Gasteiger charge is -2.05. The van der Waals surface area contributed by atoms with Gasteiger partial charge < -0.3 is 9.79 Å². The molecule has 0 saturated heterocycles. The zero-order chi connectivity index (χ0) is 18.6. The van der Waals surface area contributed by atoms with E-state index in [0.29, 0.717) is 0 Å². The molecule has 0 unspecified atom stereocenters. The molecule has 0 aliphatic heterocycles. The van der Waals surface area contributed by atoms with Gasteiger partial charge in [0.1, 0.15) is 0 Å². The van der Waals surface area contributed by atoms with E-state index in [4.69, 9.17) is 9.79 Å². The molecule has 0 bridgehead atoms. The Morgan fingerprint density at radius 1 is 0.680 bits per heavy atom. The predicted molar refractivity (Wildman–Crippen MR) is 107 cm³/mol. The molecule has 25 heavy (non-hydrogen) atoms. The molecular formula is C20H41O4P. The molecule has 0 aromatic heterocycles. The second-order valence-electron chi connectivity index (χ2n) is 6.98. The van der Waals surface area contributed by atoms with Crippen molar-refractivity contribution in [1.29, 1.82) is 0 Å². The van der Waals surface area contributed by atoms with Crippen molar-refractivity contribution in [2.75, 3.05) is 6.61 Å². The molecule has 0 fully saturated rings. The first-order valence-electron chi connectivity index (χ1n) is 10.4. The zero-order valence-electron chi connectivity index (χ0n) is 16.3. The van der Waals surface area contributed by atoms with Gasteiger partial charge >= 0.3 is 7.82 Å². The molecule has 0 amide bonds. The van der Waals surface area contributed by atoms with Crippen molar-refractivity contribution in [3.05, 3.63) is 12.2 Å². The average molecular weight is 377 g/mol. The summed E-state index contributed by atoms with van der Waals surface area (Å²) in [7, 11) is -4.26. The molecule has 0 aromatic rings. The third-order valence-corrected chi connectivity index (χ3v) is 5.03. The monoisotopic (exact) mass is 376 g/mol. The number of allylic oxidation sites excluding steroid dienone is 2. The molecule has 5 heteroatoms. The summed E-state index contributed by atoms with van der Waals surface area (Å²) in [5.41, 5.74) is 0. The van der Waals surface area contributed by atoms with Crippen LogP contribution in [-0.4, -0.2) is 16.4 Å². The van der Waals surface area contributed by atoms with Crippen molar-refractivity contribution in [3.63, 3.8) is 0 Å². The van der Waals surface area contributed by atoms with Crippen molar-refractivity contribution in [2.24, 2.45) is 0 Å². The van der Waals surface area contributed by atoms with Gasteiger partial charge in [0, 0.05) is 0 Å². The van der Waals surface area contributed by atoms with Gasteiger partial charge in [0.25, 0.3) is 0 Å². The molecular weight excluding hydrogens is 335 g/mol. The van der Waals surface area contributed by atoms with Crippen LogP contribution in [0.1, 0.15) is 110 Å². The van der Waals surface area contributed by atoms with Crippen LogP contribution >= 0.6 is 7.82 Å². The molecule has 0 rings (SSSR count). The maximum atomic E-state index is 10.5. The molecule has 0 atom stereocenters.